The van der Waals surface area contributed by atoms with Crippen LogP contribution >= 0.6 is 0 Å². The number of rotatable bonds is 6. The summed E-state index contributed by atoms with van der Waals surface area (Å²) >= 11 is 0. The van der Waals surface area contributed by atoms with E-state index >= 15 is 0 Å². The van der Waals surface area contributed by atoms with Gasteiger partial charge in [-0.3, -0.25) is 4.79 Å². The van der Waals surface area contributed by atoms with Crippen molar-refractivity contribution in [2.75, 3.05) is 13.2 Å². The van der Waals surface area contributed by atoms with Crippen LogP contribution in [-0.4, -0.2) is 42.4 Å². The number of ether oxygens (including phenoxy) is 1. The Bertz CT molecular complexity index is 342. The lowest BCUT2D eigenvalue weighted by molar-refractivity contribution is -0.149. The van der Waals surface area contributed by atoms with E-state index in [-0.39, 0.29) is 24.7 Å². The Labute approximate surface area is 120 Å². The summed E-state index contributed by atoms with van der Waals surface area (Å²) in [5, 5.41) is 14.9. The van der Waals surface area contributed by atoms with Gasteiger partial charge in [0.1, 0.15) is 0 Å². The van der Waals surface area contributed by atoms with Crippen LogP contribution in [0.15, 0.2) is 0 Å². The predicted octanol–water partition coefficient (Wildman–Crippen LogP) is 1.74. The molecule has 2 unspecified atom stereocenters. The van der Waals surface area contributed by atoms with Crippen LogP contribution < -0.4 is 10.6 Å². The maximum atomic E-state index is 11.9. The second-order valence-corrected chi connectivity index (χ2v) is 5.52. The van der Waals surface area contributed by atoms with Crippen LogP contribution in [0, 0.1) is 5.41 Å². The first-order valence-electron chi connectivity index (χ1n) is 7.33. The summed E-state index contributed by atoms with van der Waals surface area (Å²) in [6, 6.07) is -0.196. The van der Waals surface area contributed by atoms with Gasteiger partial charge in [-0.2, -0.15) is 0 Å². The molecule has 1 aliphatic rings. The number of carboxylic acid groups (broad SMARTS) is 1. The maximum absolute atomic E-state index is 11.9. The van der Waals surface area contributed by atoms with E-state index in [9.17, 15) is 14.7 Å². The van der Waals surface area contributed by atoms with Crippen molar-refractivity contribution in [1.29, 1.82) is 0 Å². The molecule has 0 aromatic carbocycles. The van der Waals surface area contributed by atoms with Gasteiger partial charge in [-0.15, -0.1) is 0 Å². The number of aliphatic carboxylic acids is 1. The van der Waals surface area contributed by atoms with E-state index in [0.717, 1.165) is 12.8 Å². The Morgan fingerprint density at radius 1 is 1.35 bits per heavy atom. The van der Waals surface area contributed by atoms with Gasteiger partial charge in [0.2, 0.25) is 0 Å². The lowest BCUT2D eigenvalue weighted by atomic mass is 9.82. The molecule has 0 bridgehead atoms. The lowest BCUT2D eigenvalue weighted by Crippen LogP contribution is -2.50. The molecule has 1 fully saturated rings. The molecular weight excluding hydrogens is 260 g/mol. The quantitative estimate of drug-likeness (QED) is 0.694. The fourth-order valence-corrected chi connectivity index (χ4v) is 2.49. The molecule has 0 spiro atoms. The van der Waals surface area contributed by atoms with Gasteiger partial charge in [0, 0.05) is 19.2 Å². The first-order chi connectivity index (χ1) is 9.43. The van der Waals surface area contributed by atoms with Crippen molar-refractivity contribution >= 4 is 12.0 Å². The first-order valence-corrected chi connectivity index (χ1v) is 7.33. The number of hydrogen-bond donors (Lipinski definition) is 3. The number of hydrogen-bond acceptors (Lipinski definition) is 3. The average Bonchev–Trinajstić information content (AvgIpc) is 2.40. The fourth-order valence-electron chi connectivity index (χ4n) is 2.49. The summed E-state index contributed by atoms with van der Waals surface area (Å²) in [6.07, 6.45) is 2.72. The van der Waals surface area contributed by atoms with Gasteiger partial charge in [0.25, 0.3) is 0 Å². The van der Waals surface area contributed by atoms with Crippen molar-refractivity contribution in [2.45, 2.75) is 58.6 Å². The fraction of sp³-hybridized carbons (Fsp3) is 0.857. The van der Waals surface area contributed by atoms with Crippen molar-refractivity contribution in [2.24, 2.45) is 5.41 Å². The summed E-state index contributed by atoms with van der Waals surface area (Å²) < 4.78 is 5.42. The second-order valence-electron chi connectivity index (χ2n) is 5.52. The van der Waals surface area contributed by atoms with Gasteiger partial charge < -0.3 is 20.5 Å². The molecule has 6 nitrogen and oxygen atoms in total. The van der Waals surface area contributed by atoms with Crippen LogP contribution in [0.4, 0.5) is 4.79 Å². The van der Waals surface area contributed by atoms with Gasteiger partial charge in [-0.1, -0.05) is 13.8 Å². The number of nitrogens with one attached hydrogen (secondary N) is 2. The Morgan fingerprint density at radius 3 is 2.50 bits per heavy atom. The van der Waals surface area contributed by atoms with E-state index in [1.807, 2.05) is 20.8 Å². The number of urea groups is 1. The molecule has 0 saturated carbocycles. The zero-order valence-corrected chi connectivity index (χ0v) is 12.6. The molecule has 2 amide bonds. The van der Waals surface area contributed by atoms with E-state index in [2.05, 4.69) is 10.6 Å². The number of carbonyl (C=O) groups is 2. The minimum atomic E-state index is -0.875. The van der Waals surface area contributed by atoms with Crippen molar-refractivity contribution in [1.82, 2.24) is 10.6 Å². The first kappa shape index (κ1) is 16.8. The van der Waals surface area contributed by atoms with E-state index in [0.29, 0.717) is 19.4 Å². The SMILES string of the molecule is CCC(CC)(CNC(=O)NC1CCOC(C)C1)C(=O)O. The van der Waals surface area contributed by atoms with Crippen LogP contribution in [-0.2, 0) is 9.53 Å². The predicted molar refractivity (Wildman–Crippen MR) is 75.6 cm³/mol. The normalized spacial score (nSPS) is 23.1. The second kappa shape index (κ2) is 7.47. The summed E-state index contributed by atoms with van der Waals surface area (Å²) in [5.74, 6) is -0.859. The molecule has 2 atom stereocenters. The Kier molecular flexibility index (Phi) is 6.26. The molecule has 0 radical (unpaired) electrons. The third-order valence-corrected chi connectivity index (χ3v) is 4.21. The minimum Gasteiger partial charge on any atom is -0.481 e. The maximum Gasteiger partial charge on any atom is 0.315 e. The molecule has 0 aromatic rings. The molecule has 1 heterocycles. The minimum absolute atomic E-state index is 0.0984. The van der Waals surface area contributed by atoms with Crippen LogP contribution in [0.2, 0.25) is 0 Å². The Morgan fingerprint density at radius 2 is 2.00 bits per heavy atom. The third kappa shape index (κ3) is 4.37. The van der Waals surface area contributed by atoms with Crippen LogP contribution in [0.25, 0.3) is 0 Å². The molecular formula is C14H26N2O4. The average molecular weight is 286 g/mol. The molecule has 1 aliphatic heterocycles. The van der Waals surface area contributed by atoms with Crippen molar-refractivity contribution in [3.8, 4) is 0 Å². The monoisotopic (exact) mass is 286 g/mol. The highest BCUT2D eigenvalue weighted by Crippen LogP contribution is 2.25. The van der Waals surface area contributed by atoms with Gasteiger partial charge in [-0.25, -0.2) is 4.79 Å². The van der Waals surface area contributed by atoms with Gasteiger partial charge in [0.05, 0.1) is 11.5 Å². The van der Waals surface area contributed by atoms with E-state index in [1.165, 1.54) is 0 Å². The molecule has 1 rings (SSSR count). The van der Waals surface area contributed by atoms with Gasteiger partial charge >= 0.3 is 12.0 Å². The molecule has 6 heteroatoms. The van der Waals surface area contributed by atoms with E-state index in [4.69, 9.17) is 4.74 Å². The van der Waals surface area contributed by atoms with Crippen LogP contribution in [0.1, 0.15) is 46.5 Å². The molecule has 116 valence electrons. The molecule has 20 heavy (non-hydrogen) atoms. The van der Waals surface area contributed by atoms with Gasteiger partial charge in [0.15, 0.2) is 0 Å². The summed E-state index contributed by atoms with van der Waals surface area (Å²) in [5.41, 5.74) is -0.875. The zero-order valence-electron chi connectivity index (χ0n) is 12.6. The van der Waals surface area contributed by atoms with Crippen molar-refractivity contribution in [3.05, 3.63) is 0 Å². The molecule has 3 N–H and O–H groups in total. The zero-order chi connectivity index (χ0) is 15.2. The topological polar surface area (TPSA) is 87.7 Å². The number of amides is 2. The molecule has 1 saturated heterocycles. The highest BCUT2D eigenvalue weighted by atomic mass is 16.5. The molecule has 0 aliphatic carbocycles. The number of carbonyl (C=O) groups excluding carboxylic acids is 1. The molecule has 0 aromatic heterocycles. The Hall–Kier alpha value is -1.30. The number of carboxylic acids is 1. The standard InChI is InChI=1S/C14H26N2O4/c1-4-14(5-2,12(17)18)9-15-13(19)16-11-6-7-20-10(3)8-11/h10-11H,4-9H2,1-3H3,(H,17,18)(H2,15,16,19). The van der Waals surface area contributed by atoms with Gasteiger partial charge in [-0.05, 0) is 32.6 Å². The summed E-state index contributed by atoms with van der Waals surface area (Å²) in [7, 11) is 0. The Balaban J connectivity index is 2.43. The van der Waals surface area contributed by atoms with E-state index < -0.39 is 11.4 Å². The van der Waals surface area contributed by atoms with Crippen LogP contribution in [0.5, 0.6) is 0 Å². The highest BCUT2D eigenvalue weighted by molar-refractivity contribution is 5.78. The highest BCUT2D eigenvalue weighted by Gasteiger charge is 2.35. The van der Waals surface area contributed by atoms with E-state index in [1.54, 1.807) is 0 Å². The summed E-state index contributed by atoms with van der Waals surface area (Å²) in [6.45, 7) is 6.44. The van der Waals surface area contributed by atoms with Crippen LogP contribution in [0.3, 0.4) is 0 Å². The third-order valence-electron chi connectivity index (χ3n) is 4.21. The van der Waals surface area contributed by atoms with Crippen molar-refractivity contribution < 1.29 is 19.4 Å². The summed E-state index contributed by atoms with van der Waals surface area (Å²) in [4.78, 5) is 23.2. The lowest BCUT2D eigenvalue weighted by Gasteiger charge is -2.30. The largest absolute Gasteiger partial charge is 0.481 e. The van der Waals surface area contributed by atoms with Crippen molar-refractivity contribution in [3.63, 3.8) is 0 Å². The smallest absolute Gasteiger partial charge is 0.315 e.